The summed E-state index contributed by atoms with van der Waals surface area (Å²) in [4.78, 5) is 50.7. The van der Waals surface area contributed by atoms with Crippen LogP contribution >= 0.6 is 0 Å². The van der Waals surface area contributed by atoms with Crippen LogP contribution in [0, 0.1) is 10.8 Å². The SMILES string of the molecule is CC(=O)N1CCC(OC(C)C)CC1.CC(C)OC1CC(CO)(CO)C1.CC(C)OC1CC2(COC2)C1.CC(C)OC1CCN(C(=O)C(F)F)CC1.CC(C)OC1CCN(C(=O)[C@H](C)O)CC1.CC(C)OC1CCN(S(N)(=O)=O)CC1.CC(C)OC1CCNCC1(F)F.CC(C)OC1CCS(=O)(=O)CC1.CC(C)O[C@H]1CCN(C(=O)CO)C[C@H]1F.CC(C)O[C@H]1CCNC[C@H]1F.CC(C)S(C)=O. The maximum atomic E-state index is 13.6. The lowest BCUT2D eigenvalue weighted by atomic mass is 9.65. The Labute approximate surface area is 815 Å². The summed E-state index contributed by atoms with van der Waals surface area (Å²) >= 11 is 0. The summed E-state index contributed by atoms with van der Waals surface area (Å²) in [5, 5.41) is 46.7. The number of aliphatic hydroxyl groups is 4. The van der Waals surface area contributed by atoms with Gasteiger partial charge in [0.2, 0.25) is 11.8 Å². The first-order valence-corrected chi connectivity index (χ1v) is 54.6. The van der Waals surface area contributed by atoms with E-state index in [-0.39, 0.29) is 129 Å². The molecule has 2 aliphatic carbocycles. The molecule has 8 N–H and O–H groups in total. The van der Waals surface area contributed by atoms with Crippen molar-refractivity contribution in [1.29, 1.82) is 0 Å². The van der Waals surface area contributed by atoms with Gasteiger partial charge in [0.05, 0.1) is 167 Å². The first-order chi connectivity index (χ1) is 63.2. The monoisotopic (exact) mass is 2030 g/mol. The average Bonchev–Trinajstić information content (AvgIpc) is 0.763. The molecule has 0 aromatic rings. The molecular weight excluding hydrogens is 1850 g/mol. The van der Waals surface area contributed by atoms with Crippen molar-refractivity contribution in [2.24, 2.45) is 16.0 Å². The summed E-state index contributed by atoms with van der Waals surface area (Å²) in [6, 6.07) is 0. The van der Waals surface area contributed by atoms with Crippen LogP contribution in [0.5, 0.6) is 0 Å². The van der Waals surface area contributed by atoms with Crippen molar-refractivity contribution in [2.75, 3.05) is 142 Å². The molecule has 9 saturated heterocycles. The number of amides is 4. The Morgan fingerprint density at radius 1 is 0.471 bits per heavy atom. The van der Waals surface area contributed by atoms with Gasteiger partial charge < -0.3 is 103 Å². The highest BCUT2D eigenvalue weighted by molar-refractivity contribution is 7.91. The standard InChI is InChI=1S/C11H21NO3.C10H17F2NO2.C10H18FNO3.C10H19NO2.C9H18O3.C9H16O2.C8H15F2NO.C8H16FNO.C8H18N2O3S.C8H16O3S.C4H10OS/c1-8(2)15-10-4-6-12(7-5-10)11(14)9(3)13;1-7(2)15-8-3-5-13(6-4-8)10(14)9(11)12;1-7(2)15-9-3-4-12(5-8(9)11)10(14)6-13;1-8(2)13-10-4-6-11(7-5-10)9(3)12;1-7(2)12-8-3-9(4-8,5-10)6-11;1-7(2)11-8-3-9(4-8)5-10-6-9;1-6(2)12-7-3-4-11-5-8(7,9)10;1-6(2)11-8-3-4-10-5-7(8)9;1-7(2)13-8-3-5-10(6-4-8)14(9,11)12;1-7(2)11-8-3-5-12(9,10)6-4-8;1-4(2)6(3)5/h8-10,13H,4-7H2,1-3H3;7-9H,3-6H2,1-2H3;7-9,13H,3-6H2,1-2H3;8,10H,4-7H2,1-3H3;7-8,10-11H,3-6H2,1-2H3;7-8H,3-6H2,1-2H3;6-7,11H,3-5H2,1-2H3;6-8,10H,3-5H2,1-2H3;7-8H,3-6H2,1-2H3,(H2,9,11,12);7-8H,3-6H2,1-2H3;4H,1-3H3/t9-;;8-,9+;;;;;7-,8+;;;/m0.1....1.../s1. The lowest BCUT2D eigenvalue weighted by Crippen LogP contribution is -2.55. The highest BCUT2D eigenvalue weighted by Gasteiger charge is 2.51. The number of hydrogen-bond acceptors (Lipinski definition) is 26. The minimum absolute atomic E-state index is 0.00616. The molecule has 11 fully saturated rings. The minimum atomic E-state index is -3.50. The normalized spacial score (nSPS) is 23.9. The number of rotatable bonds is 27. The van der Waals surface area contributed by atoms with Crippen LogP contribution in [-0.4, -0.2) is 390 Å². The third kappa shape index (κ3) is 56.9. The fourth-order valence-corrected chi connectivity index (χ4v) is 18.5. The van der Waals surface area contributed by atoms with Crippen molar-refractivity contribution in [1.82, 2.24) is 34.5 Å². The molecule has 1 spiro atoms. The van der Waals surface area contributed by atoms with E-state index in [2.05, 4.69) is 38.3 Å². The van der Waals surface area contributed by atoms with E-state index in [1.54, 1.807) is 31.9 Å². The van der Waals surface area contributed by atoms with E-state index in [1.807, 2.05) is 116 Å². The van der Waals surface area contributed by atoms with E-state index in [0.717, 1.165) is 90.6 Å². The van der Waals surface area contributed by atoms with Gasteiger partial charge >= 0.3 is 6.43 Å². The molecule has 0 radical (unpaired) electrons. The molecule has 11 aliphatic rings. The van der Waals surface area contributed by atoms with Crippen molar-refractivity contribution in [3.63, 3.8) is 0 Å². The molecule has 2 unspecified atom stereocenters. The molecule has 0 bridgehead atoms. The molecule has 9 heterocycles. The fraction of sp³-hybridized carbons (Fsp3) is 0.958. The van der Waals surface area contributed by atoms with Gasteiger partial charge in [0, 0.05) is 106 Å². The highest BCUT2D eigenvalue weighted by Crippen LogP contribution is 2.48. The van der Waals surface area contributed by atoms with Gasteiger partial charge in [-0.1, -0.05) is 13.8 Å². The Bertz CT molecular complexity index is 3370. The predicted octanol–water partition coefficient (Wildman–Crippen LogP) is 10.7. The van der Waals surface area contributed by atoms with Crippen LogP contribution in [0.1, 0.15) is 275 Å². The van der Waals surface area contributed by atoms with Gasteiger partial charge in [0.15, 0.2) is 9.84 Å². The van der Waals surface area contributed by atoms with E-state index < -0.39 is 92.3 Å². The van der Waals surface area contributed by atoms with Crippen molar-refractivity contribution in [3.05, 3.63) is 0 Å². The zero-order valence-electron chi connectivity index (χ0n) is 87.1. The second kappa shape index (κ2) is 67.4. The number of aliphatic hydroxyl groups excluding tert-OH is 4. The number of halogens is 6. The van der Waals surface area contributed by atoms with E-state index in [0.29, 0.717) is 144 Å². The van der Waals surface area contributed by atoms with Crippen molar-refractivity contribution < 1.29 is 139 Å². The average molecular weight is 2030 g/mol. The maximum Gasteiger partial charge on any atom is 0.315 e. The first kappa shape index (κ1) is 131. The number of likely N-dealkylation sites (tertiary alicyclic amines) is 4. The number of sulfone groups is 1. The fourth-order valence-electron chi connectivity index (χ4n) is 16.3. The topological polar surface area (TPSA) is 402 Å². The van der Waals surface area contributed by atoms with Crippen LogP contribution < -0.4 is 15.8 Å². The molecule has 0 aromatic carbocycles. The van der Waals surface area contributed by atoms with Crippen molar-refractivity contribution in [3.8, 4) is 0 Å². The number of piperidine rings is 7. The molecule has 0 aromatic heterocycles. The predicted molar refractivity (Wildman–Crippen MR) is 518 cm³/mol. The number of alkyl halides is 6. The van der Waals surface area contributed by atoms with Crippen LogP contribution in [-0.2, 0) is 102 Å². The van der Waals surface area contributed by atoms with Gasteiger partial charge in [0.25, 0.3) is 27.9 Å². The Morgan fingerprint density at radius 2 is 0.809 bits per heavy atom. The second-order valence-electron chi connectivity index (χ2n) is 40.1. The van der Waals surface area contributed by atoms with Crippen LogP contribution in [0.15, 0.2) is 0 Å². The Morgan fingerprint density at radius 3 is 1.12 bits per heavy atom. The van der Waals surface area contributed by atoms with E-state index in [9.17, 15) is 66.6 Å². The molecule has 41 heteroatoms. The lowest BCUT2D eigenvalue weighted by Gasteiger charge is -2.53. The lowest BCUT2D eigenvalue weighted by molar-refractivity contribution is -0.216. The van der Waals surface area contributed by atoms with Gasteiger partial charge in [-0.25, -0.2) is 31.1 Å². The highest BCUT2D eigenvalue weighted by atomic mass is 32.2. The van der Waals surface area contributed by atoms with Crippen LogP contribution in [0.25, 0.3) is 0 Å². The minimum Gasteiger partial charge on any atom is -0.396 e. The van der Waals surface area contributed by atoms with Gasteiger partial charge in [-0.3, -0.25) is 23.4 Å². The number of nitrogens with two attached hydrogens (primary N) is 1. The molecule has 808 valence electrons. The Hall–Kier alpha value is -3.25. The van der Waals surface area contributed by atoms with Gasteiger partial charge in [0.1, 0.15) is 31.2 Å². The Balaban J connectivity index is 0.000000751. The molecule has 4 amide bonds. The summed E-state index contributed by atoms with van der Waals surface area (Å²) < 4.78 is 193. The summed E-state index contributed by atoms with van der Waals surface area (Å²) in [5.74, 6) is -3.57. The number of ether oxygens (including phenoxy) is 11. The first-order valence-electron chi connectivity index (χ1n) is 49.6. The summed E-state index contributed by atoms with van der Waals surface area (Å²) in [5.41, 5.74) is 0.305. The summed E-state index contributed by atoms with van der Waals surface area (Å²) in [7, 11) is -6.85. The van der Waals surface area contributed by atoms with E-state index >= 15 is 0 Å². The number of carbonyl (C=O) groups excluding carboxylic acids is 4. The largest absolute Gasteiger partial charge is 0.396 e. The van der Waals surface area contributed by atoms with Crippen LogP contribution in [0.3, 0.4) is 0 Å². The third-order valence-corrected chi connectivity index (χ3v) is 27.4. The van der Waals surface area contributed by atoms with Gasteiger partial charge in [-0.2, -0.15) is 21.5 Å². The molecule has 9 aliphatic heterocycles. The molecular formula is C95H184F6N8O24S3. The maximum absolute atomic E-state index is 13.6. The zero-order chi connectivity index (χ0) is 104. The van der Waals surface area contributed by atoms with Crippen molar-refractivity contribution >= 4 is 54.5 Å². The summed E-state index contributed by atoms with van der Waals surface area (Å²) in [6.07, 6.45) is 11.5. The quantitative estimate of drug-likeness (QED) is 0.0376. The number of carbonyl (C=O) groups is 4. The van der Waals surface area contributed by atoms with Crippen molar-refractivity contribution in [2.45, 2.75) is 433 Å². The smallest absolute Gasteiger partial charge is 0.315 e. The molecule has 7 atom stereocenters. The van der Waals surface area contributed by atoms with E-state index in [4.69, 9.17) is 77.7 Å². The third-order valence-electron chi connectivity index (χ3n) is 23.3. The van der Waals surface area contributed by atoms with Crippen LogP contribution in [0.2, 0.25) is 0 Å². The van der Waals surface area contributed by atoms with Gasteiger partial charge in [-0.15, -0.1) is 0 Å². The summed E-state index contributed by atoms with van der Waals surface area (Å²) in [6.45, 7) is 54.8. The zero-order valence-corrected chi connectivity index (χ0v) is 89.5. The second-order valence-corrected chi connectivity index (χ2v) is 45.9. The molecule has 2 saturated carbocycles. The number of hydrogen-bond donors (Lipinski definition) is 7. The Kier molecular flexibility index (Phi) is 64.8. The molecule has 136 heavy (non-hydrogen) atoms. The molecule has 32 nitrogen and oxygen atoms in total. The number of nitrogens with one attached hydrogen (secondary N) is 2. The van der Waals surface area contributed by atoms with Gasteiger partial charge in [-0.05, 0) is 268 Å². The van der Waals surface area contributed by atoms with Crippen LogP contribution in [0.4, 0.5) is 26.3 Å². The molecule has 11 rings (SSSR count). The number of nitrogens with zero attached hydrogens (tertiary/aromatic N) is 5. The van der Waals surface area contributed by atoms with E-state index in [1.165, 1.54) is 33.9 Å².